The highest BCUT2D eigenvalue weighted by Crippen LogP contribution is 2.19. The Labute approximate surface area is 106 Å². The monoisotopic (exact) mass is 234 g/mol. The number of likely N-dealkylation sites (N-methyl/N-ethyl adjacent to an activating group) is 1. The van der Waals surface area contributed by atoms with Crippen molar-refractivity contribution in [3.05, 3.63) is 36.2 Å². The van der Waals surface area contributed by atoms with Crippen molar-refractivity contribution in [1.82, 2.24) is 4.90 Å². The lowest BCUT2D eigenvalue weighted by Crippen LogP contribution is -2.25. The number of hydrogen-bond donors (Lipinski definition) is 0. The molecular weight excluding hydrogens is 208 g/mol. The number of hydrogen-bond acceptors (Lipinski definition) is 2. The molecule has 0 N–H and O–H groups in total. The highest BCUT2D eigenvalue weighted by molar-refractivity contribution is 5.57. The average Bonchev–Trinajstić information content (AvgIpc) is 2.25. The number of aliphatic imine (C=N–C) groups is 1. The van der Waals surface area contributed by atoms with E-state index < -0.39 is 0 Å². The molecule has 0 aliphatic rings. The Kier molecular flexibility index (Phi) is 6.55. The van der Waals surface area contributed by atoms with Crippen LogP contribution in [0.25, 0.3) is 0 Å². The molecule has 0 aromatic carbocycles. The summed E-state index contributed by atoms with van der Waals surface area (Å²) in [5.41, 5.74) is 2.89. The van der Waals surface area contributed by atoms with Crippen LogP contribution in [-0.2, 0) is 0 Å². The molecule has 96 valence electrons. The fourth-order valence-electron chi connectivity index (χ4n) is 1.17. The van der Waals surface area contributed by atoms with Crippen molar-refractivity contribution < 1.29 is 0 Å². The van der Waals surface area contributed by atoms with E-state index in [1.807, 2.05) is 20.0 Å². The minimum atomic E-state index is 0.408. The molecule has 2 nitrogen and oxygen atoms in total. The number of allylic oxidation sites excluding steroid dienone is 2. The summed E-state index contributed by atoms with van der Waals surface area (Å²) in [5.74, 6) is 0.425. The molecule has 0 atom stereocenters. The highest BCUT2D eigenvalue weighted by atomic mass is 15.1. The van der Waals surface area contributed by atoms with E-state index in [-0.39, 0.29) is 0 Å². The quantitative estimate of drug-likeness (QED) is 0.500. The van der Waals surface area contributed by atoms with Gasteiger partial charge in [0, 0.05) is 19.3 Å². The third-order valence-electron chi connectivity index (χ3n) is 2.83. The van der Waals surface area contributed by atoms with Crippen LogP contribution >= 0.6 is 0 Å². The minimum Gasteiger partial charge on any atom is -0.371 e. The first kappa shape index (κ1) is 15.7. The van der Waals surface area contributed by atoms with E-state index in [9.17, 15) is 0 Å². The van der Waals surface area contributed by atoms with Gasteiger partial charge in [-0.1, -0.05) is 32.6 Å². The highest BCUT2D eigenvalue weighted by Gasteiger charge is 2.10. The molecule has 17 heavy (non-hydrogen) atoms. The Morgan fingerprint density at radius 1 is 1.18 bits per heavy atom. The van der Waals surface area contributed by atoms with E-state index in [4.69, 9.17) is 0 Å². The predicted octanol–water partition coefficient (Wildman–Crippen LogP) is 4.03. The van der Waals surface area contributed by atoms with Crippen LogP contribution in [0.3, 0.4) is 0 Å². The van der Waals surface area contributed by atoms with Crippen molar-refractivity contribution in [1.29, 1.82) is 0 Å². The van der Waals surface area contributed by atoms with Gasteiger partial charge in [-0.25, -0.2) is 0 Å². The molecule has 0 aromatic heterocycles. The number of nitrogens with zero attached hydrogens (tertiary/aromatic N) is 2. The first-order valence-corrected chi connectivity index (χ1v) is 6.12. The van der Waals surface area contributed by atoms with E-state index in [1.54, 1.807) is 6.21 Å². The molecule has 0 aliphatic heterocycles. The van der Waals surface area contributed by atoms with Crippen LogP contribution < -0.4 is 0 Å². The van der Waals surface area contributed by atoms with Gasteiger partial charge >= 0.3 is 0 Å². The molecular formula is C15H26N2. The zero-order chi connectivity index (χ0) is 13.6. The Bertz CT molecular complexity index is 333. The minimum absolute atomic E-state index is 0.408. The Hall–Kier alpha value is -1.31. The first-order chi connectivity index (χ1) is 7.81. The summed E-state index contributed by atoms with van der Waals surface area (Å²) in [4.78, 5) is 6.50. The van der Waals surface area contributed by atoms with Gasteiger partial charge in [-0.05, 0) is 32.8 Å². The van der Waals surface area contributed by atoms with Crippen molar-refractivity contribution in [2.45, 2.75) is 40.7 Å². The second-order valence-corrected chi connectivity index (χ2v) is 4.80. The summed E-state index contributed by atoms with van der Waals surface area (Å²) in [7, 11) is 2.03. The molecule has 0 bridgehead atoms. The molecule has 0 saturated heterocycles. The SMILES string of the molecule is C=C(/C=C(\N=C/C)C(=C)N(C)C(C)C)C(C)C. The summed E-state index contributed by atoms with van der Waals surface area (Å²) in [6.07, 6.45) is 3.81. The van der Waals surface area contributed by atoms with Crippen molar-refractivity contribution in [2.24, 2.45) is 10.9 Å². The molecule has 2 heteroatoms. The maximum Gasteiger partial charge on any atom is 0.0855 e. The van der Waals surface area contributed by atoms with Crippen LogP contribution in [0.15, 0.2) is 41.2 Å². The molecule has 0 fully saturated rings. The molecule has 0 unspecified atom stereocenters. The molecule has 0 spiro atoms. The van der Waals surface area contributed by atoms with Crippen LogP contribution in [0.4, 0.5) is 0 Å². The molecule has 0 heterocycles. The maximum absolute atomic E-state index is 4.38. The Morgan fingerprint density at radius 3 is 2.06 bits per heavy atom. The van der Waals surface area contributed by atoms with Crippen molar-refractivity contribution in [2.75, 3.05) is 7.05 Å². The Morgan fingerprint density at radius 2 is 1.71 bits per heavy atom. The van der Waals surface area contributed by atoms with Gasteiger partial charge in [0.15, 0.2) is 0 Å². The summed E-state index contributed by atoms with van der Waals surface area (Å²) >= 11 is 0. The summed E-state index contributed by atoms with van der Waals surface area (Å²) in [5, 5.41) is 0. The molecule has 0 aromatic rings. The van der Waals surface area contributed by atoms with Crippen LogP contribution in [0.5, 0.6) is 0 Å². The van der Waals surface area contributed by atoms with E-state index in [1.165, 1.54) is 0 Å². The van der Waals surface area contributed by atoms with E-state index in [0.717, 1.165) is 17.0 Å². The normalized spacial score (nSPS) is 12.6. The van der Waals surface area contributed by atoms with E-state index in [2.05, 4.69) is 50.7 Å². The molecule has 0 rings (SSSR count). The smallest absolute Gasteiger partial charge is 0.0855 e. The van der Waals surface area contributed by atoms with Gasteiger partial charge in [-0.3, -0.25) is 4.99 Å². The van der Waals surface area contributed by atoms with Gasteiger partial charge in [0.1, 0.15) is 0 Å². The predicted molar refractivity (Wildman–Crippen MR) is 78.3 cm³/mol. The lowest BCUT2D eigenvalue weighted by molar-refractivity contribution is 0.351. The standard InChI is InChI=1S/C15H26N2/c1-9-16-15(10-13(6)11(2)3)14(7)17(8)12(4)5/h9-12H,6-7H2,1-5,8H3/b15-10-,16-9-. The Balaban J connectivity index is 5.12. The molecule has 0 saturated carbocycles. The van der Waals surface area contributed by atoms with Crippen LogP contribution in [0.1, 0.15) is 34.6 Å². The fourth-order valence-corrected chi connectivity index (χ4v) is 1.17. The van der Waals surface area contributed by atoms with Gasteiger partial charge < -0.3 is 4.90 Å². The second-order valence-electron chi connectivity index (χ2n) is 4.80. The second kappa shape index (κ2) is 7.10. The fraction of sp³-hybridized carbons (Fsp3) is 0.533. The lowest BCUT2D eigenvalue weighted by atomic mass is 10.0. The van der Waals surface area contributed by atoms with Gasteiger partial charge in [0.05, 0.1) is 11.4 Å². The van der Waals surface area contributed by atoms with Crippen molar-refractivity contribution in [3.63, 3.8) is 0 Å². The maximum atomic E-state index is 4.38. The van der Waals surface area contributed by atoms with Crippen LogP contribution in [-0.4, -0.2) is 24.2 Å². The third-order valence-corrected chi connectivity index (χ3v) is 2.83. The van der Waals surface area contributed by atoms with Crippen molar-refractivity contribution in [3.8, 4) is 0 Å². The first-order valence-electron chi connectivity index (χ1n) is 6.12. The van der Waals surface area contributed by atoms with Gasteiger partial charge in [-0.15, -0.1) is 0 Å². The zero-order valence-electron chi connectivity index (χ0n) is 12.1. The van der Waals surface area contributed by atoms with Crippen LogP contribution in [0, 0.1) is 5.92 Å². The van der Waals surface area contributed by atoms with Gasteiger partial charge in [-0.2, -0.15) is 0 Å². The topological polar surface area (TPSA) is 15.6 Å². The summed E-state index contributed by atoms with van der Waals surface area (Å²) < 4.78 is 0. The third kappa shape index (κ3) is 5.03. The average molecular weight is 234 g/mol. The summed E-state index contributed by atoms with van der Waals surface area (Å²) in [6.45, 7) is 18.6. The zero-order valence-corrected chi connectivity index (χ0v) is 12.1. The molecule has 0 radical (unpaired) electrons. The van der Waals surface area contributed by atoms with E-state index in [0.29, 0.717) is 12.0 Å². The largest absolute Gasteiger partial charge is 0.371 e. The van der Waals surface area contributed by atoms with Gasteiger partial charge in [0.25, 0.3) is 0 Å². The van der Waals surface area contributed by atoms with Crippen LogP contribution in [0.2, 0.25) is 0 Å². The molecule has 0 aliphatic carbocycles. The van der Waals surface area contributed by atoms with Crippen molar-refractivity contribution >= 4 is 6.21 Å². The van der Waals surface area contributed by atoms with Gasteiger partial charge in [0.2, 0.25) is 0 Å². The van der Waals surface area contributed by atoms with E-state index >= 15 is 0 Å². The summed E-state index contributed by atoms with van der Waals surface area (Å²) in [6, 6.07) is 0.408. The number of rotatable bonds is 6. The molecule has 0 amide bonds. The lowest BCUT2D eigenvalue weighted by Gasteiger charge is -2.26.